The number of nitrogens with zero attached hydrogens (tertiary/aromatic N) is 1. The van der Waals surface area contributed by atoms with E-state index in [-0.39, 0.29) is 0 Å². The van der Waals surface area contributed by atoms with Crippen LogP contribution in [0.4, 0.5) is 22.0 Å². The van der Waals surface area contributed by atoms with E-state index in [0.717, 1.165) is 0 Å². The minimum atomic E-state index is -2.25. The lowest BCUT2D eigenvalue weighted by molar-refractivity contribution is 0.364. The maximum atomic E-state index is 13.1. The van der Waals surface area contributed by atoms with Crippen molar-refractivity contribution < 1.29 is 22.0 Å². The summed E-state index contributed by atoms with van der Waals surface area (Å²) in [5.41, 5.74) is 3.97. The Morgan fingerprint density at radius 1 is 0.938 bits per heavy atom. The normalized spacial score (nSPS) is 12.3. The highest BCUT2D eigenvalue weighted by molar-refractivity contribution is 5.27. The van der Waals surface area contributed by atoms with Crippen molar-refractivity contribution in [1.82, 2.24) is 0 Å². The van der Waals surface area contributed by atoms with Gasteiger partial charge in [-0.3, -0.25) is 0 Å². The van der Waals surface area contributed by atoms with Crippen molar-refractivity contribution >= 4 is 0 Å². The number of rotatable bonds is 2. The van der Waals surface area contributed by atoms with Crippen LogP contribution in [0.5, 0.6) is 0 Å². The van der Waals surface area contributed by atoms with Crippen molar-refractivity contribution in [3.05, 3.63) is 34.6 Å². The number of benzene rings is 1. The Kier molecular flexibility index (Phi) is 3.44. The lowest BCUT2D eigenvalue weighted by atomic mass is 10.0. The second-order valence-electron chi connectivity index (χ2n) is 2.95. The van der Waals surface area contributed by atoms with Gasteiger partial charge >= 0.3 is 0 Å². The fourth-order valence-electron chi connectivity index (χ4n) is 1.15. The van der Waals surface area contributed by atoms with E-state index >= 15 is 0 Å². The molecule has 7 heteroatoms. The van der Waals surface area contributed by atoms with E-state index in [2.05, 4.69) is 0 Å². The molecule has 2 nitrogen and oxygen atoms in total. The average molecular weight is 236 g/mol. The first-order valence-electron chi connectivity index (χ1n) is 4.05. The second kappa shape index (κ2) is 4.45. The Morgan fingerprint density at radius 2 is 1.31 bits per heavy atom. The van der Waals surface area contributed by atoms with Crippen LogP contribution in [-0.2, 0) is 0 Å². The zero-order valence-electron chi connectivity index (χ0n) is 7.70. The molecule has 1 rings (SSSR count). The molecule has 0 amide bonds. The average Bonchev–Trinajstić information content (AvgIpc) is 2.24. The van der Waals surface area contributed by atoms with Gasteiger partial charge in [0.2, 0.25) is 5.82 Å². The molecule has 0 fully saturated rings. The van der Waals surface area contributed by atoms with Gasteiger partial charge in [0.1, 0.15) is 0 Å². The molecule has 0 aromatic heterocycles. The number of halogens is 5. The molecule has 1 aromatic carbocycles. The summed E-state index contributed by atoms with van der Waals surface area (Å²) < 4.78 is 64.2. The molecule has 0 spiro atoms. The molecule has 0 aliphatic rings. The van der Waals surface area contributed by atoms with E-state index in [1.807, 2.05) is 0 Å². The molecule has 2 N–H and O–H groups in total. The predicted octanol–water partition coefficient (Wildman–Crippen LogP) is 2.30. The van der Waals surface area contributed by atoms with Crippen molar-refractivity contribution in [2.75, 3.05) is 0 Å². The van der Waals surface area contributed by atoms with Gasteiger partial charge in [0, 0.05) is 11.6 Å². The predicted molar refractivity (Wildman–Crippen MR) is 43.4 cm³/mol. The maximum absolute atomic E-state index is 13.1. The lowest BCUT2D eigenvalue weighted by Gasteiger charge is -2.12. The zero-order valence-corrected chi connectivity index (χ0v) is 7.70. The summed E-state index contributed by atoms with van der Waals surface area (Å²) in [6, 6.07) is -0.0836. The fraction of sp³-hybridized carbons (Fsp3) is 0.222. The largest absolute Gasteiger partial charge is 0.323 e. The van der Waals surface area contributed by atoms with Crippen LogP contribution in [0, 0.1) is 40.4 Å². The highest BCUT2D eigenvalue weighted by atomic mass is 19.2. The molecular weight excluding hydrogens is 231 g/mol. The summed E-state index contributed by atoms with van der Waals surface area (Å²) in [5.74, 6) is -10.4. The Hall–Kier alpha value is -1.68. The van der Waals surface area contributed by atoms with Gasteiger partial charge in [-0.2, -0.15) is 5.26 Å². The summed E-state index contributed by atoms with van der Waals surface area (Å²) >= 11 is 0. The molecule has 0 unspecified atom stereocenters. The zero-order chi connectivity index (χ0) is 12.5. The summed E-state index contributed by atoms with van der Waals surface area (Å²) in [7, 11) is 0. The van der Waals surface area contributed by atoms with Gasteiger partial charge in [0.05, 0.1) is 12.5 Å². The van der Waals surface area contributed by atoms with Gasteiger partial charge < -0.3 is 5.73 Å². The van der Waals surface area contributed by atoms with Gasteiger partial charge in [0.15, 0.2) is 23.3 Å². The summed E-state index contributed by atoms with van der Waals surface area (Å²) in [4.78, 5) is 0. The lowest BCUT2D eigenvalue weighted by Crippen LogP contribution is -2.17. The topological polar surface area (TPSA) is 49.8 Å². The first-order valence-corrected chi connectivity index (χ1v) is 4.05. The Morgan fingerprint density at radius 3 is 1.69 bits per heavy atom. The van der Waals surface area contributed by atoms with Crippen LogP contribution in [0.3, 0.4) is 0 Å². The van der Waals surface area contributed by atoms with E-state index in [9.17, 15) is 22.0 Å². The van der Waals surface area contributed by atoms with Crippen molar-refractivity contribution in [3.63, 3.8) is 0 Å². The van der Waals surface area contributed by atoms with Crippen molar-refractivity contribution in [2.24, 2.45) is 5.73 Å². The molecule has 0 saturated heterocycles. The van der Waals surface area contributed by atoms with Crippen molar-refractivity contribution in [3.8, 4) is 6.07 Å². The monoisotopic (exact) mass is 236 g/mol. The minimum absolute atomic E-state index is 0.557. The highest BCUT2D eigenvalue weighted by Gasteiger charge is 2.28. The Labute approximate surface area is 87.1 Å². The van der Waals surface area contributed by atoms with Gasteiger partial charge in [-0.25, -0.2) is 22.0 Å². The SMILES string of the molecule is N#CC[C@H](N)c1c(F)c(F)c(F)c(F)c1F. The third-order valence-electron chi connectivity index (χ3n) is 1.93. The molecule has 0 saturated carbocycles. The molecule has 0 aliphatic heterocycles. The Balaban J connectivity index is 3.46. The third-order valence-corrected chi connectivity index (χ3v) is 1.93. The van der Waals surface area contributed by atoms with Crippen molar-refractivity contribution in [2.45, 2.75) is 12.5 Å². The van der Waals surface area contributed by atoms with Crippen molar-refractivity contribution in [1.29, 1.82) is 5.26 Å². The first kappa shape index (κ1) is 12.4. The van der Waals surface area contributed by atoms with Crippen LogP contribution in [-0.4, -0.2) is 0 Å². The minimum Gasteiger partial charge on any atom is -0.323 e. The molecule has 16 heavy (non-hydrogen) atoms. The van der Waals surface area contributed by atoms with Crippen LogP contribution in [0.25, 0.3) is 0 Å². The van der Waals surface area contributed by atoms with Crippen LogP contribution < -0.4 is 5.73 Å². The molecule has 1 aromatic rings. The van der Waals surface area contributed by atoms with Gasteiger partial charge in [-0.15, -0.1) is 0 Å². The highest BCUT2D eigenvalue weighted by Crippen LogP contribution is 2.27. The van der Waals surface area contributed by atoms with E-state index < -0.39 is 47.1 Å². The van der Waals surface area contributed by atoms with Gasteiger partial charge in [-0.05, 0) is 0 Å². The van der Waals surface area contributed by atoms with Crippen LogP contribution >= 0.6 is 0 Å². The molecule has 0 heterocycles. The molecule has 0 aliphatic carbocycles. The van der Waals surface area contributed by atoms with Crippen LogP contribution in [0.1, 0.15) is 18.0 Å². The summed E-state index contributed by atoms with van der Waals surface area (Å²) in [6.07, 6.45) is -0.557. The van der Waals surface area contributed by atoms with Crippen LogP contribution in [0.2, 0.25) is 0 Å². The smallest absolute Gasteiger partial charge is 0.200 e. The quantitative estimate of drug-likeness (QED) is 0.486. The standard InChI is InChI=1S/C9H5F5N2/c10-5-4(3(16)1-2-15)6(11)8(13)9(14)7(5)12/h3H,1,16H2/t3-/m0/s1. The number of hydrogen-bond donors (Lipinski definition) is 1. The first-order chi connectivity index (χ1) is 7.41. The summed E-state index contributed by atoms with van der Waals surface area (Å²) in [6.45, 7) is 0. The van der Waals surface area contributed by atoms with Gasteiger partial charge in [0.25, 0.3) is 0 Å². The number of hydrogen-bond acceptors (Lipinski definition) is 2. The number of nitriles is 1. The maximum Gasteiger partial charge on any atom is 0.200 e. The molecule has 0 radical (unpaired) electrons. The van der Waals surface area contributed by atoms with E-state index in [4.69, 9.17) is 11.0 Å². The van der Waals surface area contributed by atoms with Gasteiger partial charge in [-0.1, -0.05) is 0 Å². The van der Waals surface area contributed by atoms with E-state index in [0.29, 0.717) is 0 Å². The number of nitrogens with two attached hydrogens (primary N) is 1. The Bertz CT molecular complexity index is 437. The second-order valence-corrected chi connectivity index (χ2v) is 2.95. The molecular formula is C9H5F5N2. The molecule has 0 bridgehead atoms. The van der Waals surface area contributed by atoms with E-state index in [1.54, 1.807) is 0 Å². The fourth-order valence-corrected chi connectivity index (χ4v) is 1.15. The third kappa shape index (κ3) is 1.84. The molecule has 86 valence electrons. The molecule has 1 atom stereocenters. The van der Waals surface area contributed by atoms with Crippen LogP contribution in [0.15, 0.2) is 0 Å². The summed E-state index contributed by atoms with van der Waals surface area (Å²) in [5, 5.41) is 8.24. The van der Waals surface area contributed by atoms with E-state index in [1.165, 1.54) is 6.07 Å².